The van der Waals surface area contributed by atoms with E-state index in [1.165, 1.54) is 0 Å². The van der Waals surface area contributed by atoms with Gasteiger partial charge in [0.2, 0.25) is 11.2 Å². The number of hydrogen-bond donors (Lipinski definition) is 1. The van der Waals surface area contributed by atoms with Crippen molar-refractivity contribution in [3.8, 4) is 17.1 Å². The predicted molar refractivity (Wildman–Crippen MR) is 128 cm³/mol. The first kappa shape index (κ1) is 21.9. The summed E-state index contributed by atoms with van der Waals surface area (Å²) in [4.78, 5) is 25.8. The lowest BCUT2D eigenvalue weighted by Crippen LogP contribution is -2.23. The van der Waals surface area contributed by atoms with E-state index in [1.54, 1.807) is 24.3 Å². The summed E-state index contributed by atoms with van der Waals surface area (Å²) < 4.78 is 11.8. The highest BCUT2D eigenvalue weighted by atomic mass is 35.5. The molecule has 3 aromatic carbocycles. The predicted octanol–water partition coefficient (Wildman–Crippen LogP) is 6.40. The van der Waals surface area contributed by atoms with Gasteiger partial charge in [-0.05, 0) is 49.2 Å². The summed E-state index contributed by atoms with van der Waals surface area (Å²) in [6.45, 7) is 3.46. The third-order valence-electron chi connectivity index (χ3n) is 5.07. The van der Waals surface area contributed by atoms with Crippen molar-refractivity contribution in [2.24, 2.45) is 0 Å². The Morgan fingerprint density at radius 1 is 1.00 bits per heavy atom. The Kier molecular flexibility index (Phi) is 6.21. The van der Waals surface area contributed by atoms with Crippen molar-refractivity contribution in [2.75, 3.05) is 11.9 Å². The Bertz CT molecular complexity index is 1380. The van der Waals surface area contributed by atoms with Gasteiger partial charge in [0.1, 0.15) is 5.58 Å². The zero-order valence-corrected chi connectivity index (χ0v) is 18.9. The fourth-order valence-corrected chi connectivity index (χ4v) is 3.62. The van der Waals surface area contributed by atoms with Gasteiger partial charge in [-0.3, -0.25) is 9.59 Å². The molecule has 0 radical (unpaired) electrons. The number of anilines is 1. The second-order valence-corrected chi connectivity index (χ2v) is 8.11. The van der Waals surface area contributed by atoms with Crippen LogP contribution >= 0.6 is 23.2 Å². The number of fused-ring (bicyclic) bond motifs is 1. The summed E-state index contributed by atoms with van der Waals surface area (Å²) in [6, 6.07) is 17.6. The number of amides is 1. The van der Waals surface area contributed by atoms with Crippen LogP contribution in [0.1, 0.15) is 11.1 Å². The number of nitrogens with one attached hydrogen (secondary N) is 1. The number of rotatable bonds is 5. The molecule has 7 heteroatoms. The minimum Gasteiger partial charge on any atom is -0.476 e. The summed E-state index contributed by atoms with van der Waals surface area (Å²) in [5, 5.41) is 3.57. The molecule has 0 unspecified atom stereocenters. The lowest BCUT2D eigenvalue weighted by molar-refractivity contribution is -0.118. The maximum Gasteiger partial charge on any atom is 0.262 e. The number of aryl methyl sites for hydroxylation is 2. The van der Waals surface area contributed by atoms with E-state index in [0.717, 1.165) is 11.1 Å². The van der Waals surface area contributed by atoms with Gasteiger partial charge in [-0.2, -0.15) is 0 Å². The quantitative estimate of drug-likeness (QED) is 0.368. The molecule has 0 spiro atoms. The van der Waals surface area contributed by atoms with Gasteiger partial charge in [-0.15, -0.1) is 0 Å². The lowest BCUT2D eigenvalue weighted by atomic mass is 10.0. The van der Waals surface area contributed by atoms with Crippen LogP contribution in [0.2, 0.25) is 10.0 Å². The normalized spacial score (nSPS) is 10.9. The summed E-state index contributed by atoms with van der Waals surface area (Å²) >= 11 is 12.1. The van der Waals surface area contributed by atoms with E-state index in [-0.39, 0.29) is 22.0 Å². The second-order valence-electron chi connectivity index (χ2n) is 7.33. The molecule has 0 aliphatic heterocycles. The van der Waals surface area contributed by atoms with Gasteiger partial charge in [-0.25, -0.2) is 0 Å². The molecular weight excluding hydrogens is 449 g/mol. The molecule has 4 rings (SSSR count). The van der Waals surface area contributed by atoms with Crippen LogP contribution in [-0.2, 0) is 4.79 Å². The first-order valence-corrected chi connectivity index (χ1v) is 10.6. The van der Waals surface area contributed by atoms with Gasteiger partial charge in [0.05, 0.1) is 21.1 Å². The van der Waals surface area contributed by atoms with Crippen molar-refractivity contribution in [3.63, 3.8) is 0 Å². The molecule has 0 atom stereocenters. The minimum absolute atomic E-state index is 0.0284. The molecule has 1 aromatic heterocycles. The fourth-order valence-electron chi connectivity index (χ4n) is 3.27. The highest BCUT2D eigenvalue weighted by Gasteiger charge is 2.20. The average molecular weight is 468 g/mol. The van der Waals surface area contributed by atoms with E-state index in [1.807, 2.05) is 50.2 Å². The third-order valence-corrected chi connectivity index (χ3v) is 5.89. The van der Waals surface area contributed by atoms with Crippen molar-refractivity contribution in [1.82, 2.24) is 0 Å². The largest absolute Gasteiger partial charge is 0.476 e. The fraction of sp³-hybridized carbons (Fsp3) is 0.120. The number of ether oxygens (including phenoxy) is 1. The molecule has 0 saturated heterocycles. The topological polar surface area (TPSA) is 68.5 Å². The van der Waals surface area contributed by atoms with E-state index in [0.29, 0.717) is 27.2 Å². The van der Waals surface area contributed by atoms with Crippen molar-refractivity contribution in [3.05, 3.63) is 92.1 Å². The molecular formula is C25H19Cl2NO4. The second kappa shape index (κ2) is 9.07. The SMILES string of the molecule is Cc1cc2oc(-c3ccccc3)c(OCC(=O)Nc3cccc(Cl)c3Cl)c(=O)c2cc1C. The smallest absolute Gasteiger partial charge is 0.262 e. The van der Waals surface area contributed by atoms with Crippen LogP contribution in [0.25, 0.3) is 22.3 Å². The number of carbonyl (C=O) groups excluding carboxylic acids is 1. The van der Waals surface area contributed by atoms with Crippen molar-refractivity contribution in [1.29, 1.82) is 0 Å². The maximum atomic E-state index is 13.3. The monoisotopic (exact) mass is 467 g/mol. The van der Waals surface area contributed by atoms with Crippen molar-refractivity contribution >= 4 is 45.8 Å². The summed E-state index contributed by atoms with van der Waals surface area (Å²) in [5.74, 6) is -0.257. The molecule has 1 heterocycles. The van der Waals surface area contributed by atoms with Gasteiger partial charge in [0, 0.05) is 5.56 Å². The molecule has 4 aromatic rings. The lowest BCUT2D eigenvalue weighted by Gasteiger charge is -2.13. The van der Waals surface area contributed by atoms with Crippen LogP contribution in [0.15, 0.2) is 69.9 Å². The van der Waals surface area contributed by atoms with Crippen molar-refractivity contribution < 1.29 is 13.9 Å². The molecule has 0 aliphatic carbocycles. The molecule has 1 amide bonds. The van der Waals surface area contributed by atoms with Gasteiger partial charge in [0.25, 0.3) is 5.91 Å². The van der Waals surface area contributed by atoms with Gasteiger partial charge in [-0.1, -0.05) is 59.6 Å². The average Bonchev–Trinajstić information content (AvgIpc) is 2.78. The summed E-state index contributed by atoms with van der Waals surface area (Å²) in [7, 11) is 0. The number of carbonyl (C=O) groups is 1. The highest BCUT2D eigenvalue weighted by molar-refractivity contribution is 6.44. The third kappa shape index (κ3) is 4.35. The zero-order valence-electron chi connectivity index (χ0n) is 17.4. The molecule has 0 saturated carbocycles. The first-order valence-electron chi connectivity index (χ1n) is 9.85. The Morgan fingerprint density at radius 3 is 2.47 bits per heavy atom. The Labute approximate surface area is 194 Å². The van der Waals surface area contributed by atoms with Crippen LogP contribution in [0.5, 0.6) is 5.75 Å². The van der Waals surface area contributed by atoms with E-state index < -0.39 is 12.5 Å². The molecule has 162 valence electrons. The number of hydrogen-bond acceptors (Lipinski definition) is 4. The molecule has 1 N–H and O–H groups in total. The molecule has 5 nitrogen and oxygen atoms in total. The zero-order chi connectivity index (χ0) is 22.8. The van der Waals surface area contributed by atoms with Crippen LogP contribution < -0.4 is 15.5 Å². The Morgan fingerprint density at radius 2 is 1.72 bits per heavy atom. The summed E-state index contributed by atoms with van der Waals surface area (Å²) in [6.07, 6.45) is 0. The minimum atomic E-state index is -0.493. The van der Waals surface area contributed by atoms with E-state index >= 15 is 0 Å². The van der Waals surface area contributed by atoms with Gasteiger partial charge < -0.3 is 14.5 Å². The standard InChI is InChI=1S/C25H19Cl2NO4/c1-14-11-17-20(12-15(14)2)32-24(16-7-4-3-5-8-16)25(23(17)30)31-13-21(29)28-19-10-6-9-18(26)22(19)27/h3-12H,13H2,1-2H3,(H,28,29). The highest BCUT2D eigenvalue weighted by Crippen LogP contribution is 2.32. The number of halogens is 2. The molecule has 0 bridgehead atoms. The molecule has 0 fully saturated rings. The van der Waals surface area contributed by atoms with Gasteiger partial charge >= 0.3 is 0 Å². The van der Waals surface area contributed by atoms with Gasteiger partial charge in [0.15, 0.2) is 12.4 Å². The Balaban J connectivity index is 1.71. The van der Waals surface area contributed by atoms with Crippen LogP contribution in [0.4, 0.5) is 5.69 Å². The first-order chi connectivity index (χ1) is 15.3. The molecule has 0 aliphatic rings. The molecule has 32 heavy (non-hydrogen) atoms. The van der Waals surface area contributed by atoms with Crippen LogP contribution in [0.3, 0.4) is 0 Å². The van der Waals surface area contributed by atoms with Crippen molar-refractivity contribution in [2.45, 2.75) is 13.8 Å². The van der Waals surface area contributed by atoms with Crippen LogP contribution in [0, 0.1) is 13.8 Å². The van der Waals surface area contributed by atoms with E-state index in [4.69, 9.17) is 32.4 Å². The van der Waals surface area contributed by atoms with E-state index in [2.05, 4.69) is 5.32 Å². The number of benzene rings is 3. The van der Waals surface area contributed by atoms with Crippen LogP contribution in [-0.4, -0.2) is 12.5 Å². The summed E-state index contributed by atoms with van der Waals surface area (Å²) in [5.41, 5.74) is 3.09. The van der Waals surface area contributed by atoms with E-state index in [9.17, 15) is 9.59 Å². The maximum absolute atomic E-state index is 13.3. The Hall–Kier alpha value is -3.28.